The molecule has 0 amide bonds. The molecule has 1 unspecified atom stereocenters. The normalized spacial score (nSPS) is 12.9. The Hall–Kier alpha value is -0.900. The molecule has 1 aromatic heterocycles. The third-order valence-corrected chi connectivity index (χ3v) is 4.65. The molecule has 0 aliphatic rings. The maximum Gasteiger partial charge on any atom is 0.131 e. The molecule has 0 aliphatic heterocycles. The van der Waals surface area contributed by atoms with Gasteiger partial charge in [0.2, 0.25) is 0 Å². The van der Waals surface area contributed by atoms with Crippen LogP contribution in [-0.2, 0) is 0 Å². The quantitative estimate of drug-likeness (QED) is 0.767. The third kappa shape index (κ3) is 3.40. The van der Waals surface area contributed by atoms with Gasteiger partial charge in [0.05, 0.1) is 0 Å². The molecular formula is C16H19ClFNS. The lowest BCUT2D eigenvalue weighted by Gasteiger charge is -2.20. The summed E-state index contributed by atoms with van der Waals surface area (Å²) >= 11 is 7.59. The fraction of sp³-hybridized carbons (Fsp3) is 0.375. The first-order valence-corrected chi connectivity index (χ1v) is 8.01. The molecule has 2 rings (SSSR count). The zero-order valence-corrected chi connectivity index (χ0v) is 13.5. The predicted octanol–water partition coefficient (Wildman–Crippen LogP) is 5.51. The second kappa shape index (κ2) is 6.70. The number of benzene rings is 1. The summed E-state index contributed by atoms with van der Waals surface area (Å²) in [5.74, 6) is 0.262. The van der Waals surface area contributed by atoms with Crippen LogP contribution in [0.15, 0.2) is 30.3 Å². The SMILES string of the molecule is CCNC(c1ccc(-c2cc(Cl)ccc2F)s1)C(C)C. The van der Waals surface area contributed by atoms with Crippen LogP contribution >= 0.6 is 22.9 Å². The van der Waals surface area contributed by atoms with E-state index in [0.29, 0.717) is 22.5 Å². The van der Waals surface area contributed by atoms with Gasteiger partial charge < -0.3 is 5.32 Å². The summed E-state index contributed by atoms with van der Waals surface area (Å²) in [6.45, 7) is 7.39. The number of hydrogen-bond acceptors (Lipinski definition) is 2. The molecule has 1 N–H and O–H groups in total. The average molecular weight is 312 g/mol. The molecule has 0 radical (unpaired) electrons. The van der Waals surface area contributed by atoms with Crippen molar-refractivity contribution in [3.05, 3.63) is 46.0 Å². The molecule has 0 saturated heterocycles. The molecular weight excluding hydrogens is 293 g/mol. The van der Waals surface area contributed by atoms with Crippen LogP contribution in [0.2, 0.25) is 5.02 Å². The minimum Gasteiger partial charge on any atom is -0.309 e. The molecule has 4 heteroatoms. The average Bonchev–Trinajstić information content (AvgIpc) is 2.87. The van der Waals surface area contributed by atoms with Gasteiger partial charge in [-0.1, -0.05) is 32.4 Å². The smallest absolute Gasteiger partial charge is 0.131 e. The van der Waals surface area contributed by atoms with Crippen LogP contribution in [0.25, 0.3) is 10.4 Å². The standard InChI is InChI=1S/C16H19ClFNS/c1-4-19-16(10(2)3)15-8-7-14(20-15)12-9-11(17)5-6-13(12)18/h5-10,16,19H,4H2,1-3H3. The van der Waals surface area contributed by atoms with Crippen molar-refractivity contribution in [3.8, 4) is 10.4 Å². The molecule has 0 fully saturated rings. The van der Waals surface area contributed by atoms with E-state index in [1.54, 1.807) is 23.5 Å². The van der Waals surface area contributed by atoms with E-state index in [1.165, 1.54) is 10.9 Å². The Labute approximate surface area is 128 Å². The summed E-state index contributed by atoms with van der Waals surface area (Å²) in [6.07, 6.45) is 0. The monoisotopic (exact) mass is 311 g/mol. The zero-order valence-electron chi connectivity index (χ0n) is 11.9. The van der Waals surface area contributed by atoms with E-state index in [4.69, 9.17) is 11.6 Å². The fourth-order valence-electron chi connectivity index (χ4n) is 2.24. The van der Waals surface area contributed by atoms with Gasteiger partial charge in [-0.25, -0.2) is 4.39 Å². The third-order valence-electron chi connectivity index (χ3n) is 3.22. The van der Waals surface area contributed by atoms with Gasteiger partial charge in [0, 0.05) is 26.4 Å². The van der Waals surface area contributed by atoms with E-state index in [9.17, 15) is 4.39 Å². The zero-order chi connectivity index (χ0) is 14.7. The van der Waals surface area contributed by atoms with E-state index in [0.717, 1.165) is 11.4 Å². The van der Waals surface area contributed by atoms with Gasteiger partial charge in [0.15, 0.2) is 0 Å². The van der Waals surface area contributed by atoms with Crippen LogP contribution < -0.4 is 5.32 Å². The van der Waals surface area contributed by atoms with Crippen LogP contribution in [0.3, 0.4) is 0 Å². The van der Waals surface area contributed by atoms with Crippen LogP contribution in [0.1, 0.15) is 31.7 Å². The highest BCUT2D eigenvalue weighted by atomic mass is 35.5. The second-order valence-electron chi connectivity index (χ2n) is 5.11. The molecule has 0 bridgehead atoms. The van der Waals surface area contributed by atoms with Crippen LogP contribution in [0, 0.1) is 11.7 Å². The number of hydrogen-bond donors (Lipinski definition) is 1. The summed E-state index contributed by atoms with van der Waals surface area (Å²) in [5, 5.41) is 4.04. The molecule has 20 heavy (non-hydrogen) atoms. The first-order chi connectivity index (χ1) is 9.52. The molecule has 108 valence electrons. The van der Waals surface area contributed by atoms with Gasteiger partial charge in [0.1, 0.15) is 5.82 Å². The van der Waals surface area contributed by atoms with Gasteiger partial charge in [-0.3, -0.25) is 0 Å². The number of halogens is 2. The van der Waals surface area contributed by atoms with Crippen molar-refractivity contribution in [1.82, 2.24) is 5.32 Å². The van der Waals surface area contributed by atoms with Crippen molar-refractivity contribution in [3.63, 3.8) is 0 Å². The molecule has 1 nitrogen and oxygen atoms in total. The Kier molecular flexibility index (Phi) is 5.19. The topological polar surface area (TPSA) is 12.0 Å². The van der Waals surface area contributed by atoms with Crippen LogP contribution in [-0.4, -0.2) is 6.54 Å². The van der Waals surface area contributed by atoms with E-state index >= 15 is 0 Å². The highest BCUT2D eigenvalue weighted by Crippen LogP contribution is 2.36. The summed E-state index contributed by atoms with van der Waals surface area (Å²) in [5.41, 5.74) is 0.577. The summed E-state index contributed by atoms with van der Waals surface area (Å²) in [4.78, 5) is 2.15. The summed E-state index contributed by atoms with van der Waals surface area (Å²) in [7, 11) is 0. The molecule has 1 aromatic carbocycles. The maximum absolute atomic E-state index is 13.9. The number of thiophene rings is 1. The van der Waals surface area contributed by atoms with Crippen molar-refractivity contribution < 1.29 is 4.39 Å². The van der Waals surface area contributed by atoms with Gasteiger partial charge in [-0.05, 0) is 42.8 Å². The van der Waals surface area contributed by atoms with Crippen LogP contribution in [0.5, 0.6) is 0 Å². The molecule has 0 aliphatic carbocycles. The van der Waals surface area contributed by atoms with Crippen molar-refractivity contribution in [2.75, 3.05) is 6.54 Å². The first-order valence-electron chi connectivity index (χ1n) is 6.81. The first kappa shape index (κ1) is 15.5. The van der Waals surface area contributed by atoms with Gasteiger partial charge in [-0.2, -0.15) is 0 Å². The fourth-order valence-corrected chi connectivity index (χ4v) is 3.68. The lowest BCUT2D eigenvalue weighted by Crippen LogP contribution is -2.24. The minimum atomic E-state index is -0.229. The molecule has 0 saturated carbocycles. The van der Waals surface area contributed by atoms with Gasteiger partial charge in [0.25, 0.3) is 0 Å². The van der Waals surface area contributed by atoms with Crippen molar-refractivity contribution in [1.29, 1.82) is 0 Å². The van der Waals surface area contributed by atoms with Crippen molar-refractivity contribution in [2.24, 2.45) is 5.92 Å². The molecule has 0 spiro atoms. The lowest BCUT2D eigenvalue weighted by atomic mass is 10.0. The minimum absolute atomic E-state index is 0.229. The van der Waals surface area contributed by atoms with Crippen molar-refractivity contribution >= 4 is 22.9 Å². The highest BCUT2D eigenvalue weighted by molar-refractivity contribution is 7.15. The van der Waals surface area contributed by atoms with Crippen molar-refractivity contribution in [2.45, 2.75) is 26.8 Å². The Morgan fingerprint density at radius 3 is 2.65 bits per heavy atom. The van der Waals surface area contributed by atoms with E-state index in [2.05, 4.69) is 32.2 Å². The van der Waals surface area contributed by atoms with Gasteiger partial charge >= 0.3 is 0 Å². The molecule has 2 aromatic rings. The van der Waals surface area contributed by atoms with Gasteiger partial charge in [-0.15, -0.1) is 11.3 Å². The number of nitrogens with one attached hydrogen (secondary N) is 1. The Morgan fingerprint density at radius 1 is 1.25 bits per heavy atom. The second-order valence-corrected chi connectivity index (χ2v) is 6.66. The Morgan fingerprint density at radius 2 is 2.00 bits per heavy atom. The summed E-state index contributed by atoms with van der Waals surface area (Å²) in [6, 6.07) is 9.03. The highest BCUT2D eigenvalue weighted by Gasteiger charge is 2.18. The largest absolute Gasteiger partial charge is 0.309 e. The summed E-state index contributed by atoms with van der Waals surface area (Å²) < 4.78 is 13.9. The maximum atomic E-state index is 13.9. The molecule has 1 heterocycles. The van der Waals surface area contributed by atoms with E-state index < -0.39 is 0 Å². The van der Waals surface area contributed by atoms with E-state index in [-0.39, 0.29) is 5.82 Å². The number of rotatable bonds is 5. The predicted molar refractivity (Wildman–Crippen MR) is 86.0 cm³/mol. The lowest BCUT2D eigenvalue weighted by molar-refractivity contribution is 0.428. The van der Waals surface area contributed by atoms with Crippen LogP contribution in [0.4, 0.5) is 4.39 Å². The van der Waals surface area contributed by atoms with E-state index in [1.807, 2.05) is 6.07 Å². The molecule has 1 atom stereocenters. The Balaban J connectivity index is 2.34. The Bertz CT molecular complexity index is 580.